The molecule has 0 aliphatic heterocycles. The highest BCUT2D eigenvalue weighted by Gasteiger charge is 2.55. The minimum atomic E-state index is 0.317. The summed E-state index contributed by atoms with van der Waals surface area (Å²) in [6.45, 7) is 3.97. The normalized spacial score (nSPS) is 45.7. The van der Waals surface area contributed by atoms with E-state index in [9.17, 15) is 0 Å². The summed E-state index contributed by atoms with van der Waals surface area (Å²) in [6, 6.07) is 0. The molecule has 18 heavy (non-hydrogen) atoms. The monoisotopic (exact) mass is 269 g/mol. The molecule has 0 saturated heterocycles. The van der Waals surface area contributed by atoms with E-state index in [0.717, 1.165) is 29.9 Å². The molecule has 0 aromatic rings. The molecule has 4 saturated carbocycles. The molecule has 0 amide bonds. The van der Waals surface area contributed by atoms with E-state index in [2.05, 4.69) is 12.2 Å². The van der Waals surface area contributed by atoms with Crippen molar-refractivity contribution in [1.29, 1.82) is 0 Å². The highest BCUT2D eigenvalue weighted by atomic mass is 32.2. The SMILES string of the molecule is C[C@]12CC3CC(C1)C[C@](NCCSCCO)(C3)C2. The van der Waals surface area contributed by atoms with Crippen LogP contribution in [0.5, 0.6) is 0 Å². The van der Waals surface area contributed by atoms with Crippen LogP contribution in [0.15, 0.2) is 0 Å². The fraction of sp³-hybridized carbons (Fsp3) is 1.00. The van der Waals surface area contributed by atoms with Crippen LogP contribution in [-0.4, -0.2) is 35.3 Å². The van der Waals surface area contributed by atoms with Crippen LogP contribution in [0.1, 0.15) is 45.4 Å². The Hall–Kier alpha value is 0.270. The highest BCUT2D eigenvalue weighted by Crippen LogP contribution is 2.61. The number of aliphatic hydroxyl groups excluding tert-OH is 1. The highest BCUT2D eigenvalue weighted by molar-refractivity contribution is 7.99. The average molecular weight is 269 g/mol. The van der Waals surface area contributed by atoms with Crippen LogP contribution in [0.2, 0.25) is 0 Å². The van der Waals surface area contributed by atoms with Gasteiger partial charge >= 0.3 is 0 Å². The lowest BCUT2D eigenvalue weighted by Gasteiger charge is -2.61. The Labute approximate surface area is 115 Å². The Morgan fingerprint density at radius 1 is 1.17 bits per heavy atom. The third-order valence-electron chi connectivity index (χ3n) is 5.34. The van der Waals surface area contributed by atoms with E-state index in [-0.39, 0.29) is 0 Å². The van der Waals surface area contributed by atoms with E-state index in [1.165, 1.54) is 38.5 Å². The zero-order valence-corrected chi connectivity index (χ0v) is 12.4. The second-order valence-electron chi connectivity index (χ2n) is 7.31. The van der Waals surface area contributed by atoms with Crippen LogP contribution in [0, 0.1) is 17.3 Å². The molecule has 4 aliphatic rings. The lowest BCUT2D eigenvalue weighted by molar-refractivity contribution is -0.0711. The maximum absolute atomic E-state index is 8.79. The van der Waals surface area contributed by atoms with Gasteiger partial charge in [-0.2, -0.15) is 11.8 Å². The molecule has 104 valence electrons. The van der Waals surface area contributed by atoms with Gasteiger partial charge in [0.1, 0.15) is 0 Å². The van der Waals surface area contributed by atoms with Crippen molar-refractivity contribution >= 4 is 11.8 Å². The molecule has 0 heterocycles. The predicted octanol–water partition coefficient (Wildman–Crippen LogP) is 2.66. The first kappa shape index (κ1) is 13.3. The van der Waals surface area contributed by atoms with Gasteiger partial charge in [0.25, 0.3) is 0 Å². The Morgan fingerprint density at radius 3 is 2.50 bits per heavy atom. The molecule has 2 N–H and O–H groups in total. The van der Waals surface area contributed by atoms with Crippen LogP contribution < -0.4 is 5.32 Å². The second kappa shape index (κ2) is 4.99. The molecule has 4 bridgehead atoms. The molecule has 2 atom stereocenters. The average Bonchev–Trinajstić information content (AvgIpc) is 2.25. The maximum atomic E-state index is 8.79. The van der Waals surface area contributed by atoms with Crippen molar-refractivity contribution in [3.05, 3.63) is 0 Å². The summed E-state index contributed by atoms with van der Waals surface area (Å²) >= 11 is 1.87. The number of thioether (sulfide) groups is 1. The summed E-state index contributed by atoms with van der Waals surface area (Å²) in [5.74, 6) is 4.05. The predicted molar refractivity (Wildman–Crippen MR) is 77.9 cm³/mol. The maximum Gasteiger partial charge on any atom is 0.0521 e. The third kappa shape index (κ3) is 2.59. The topological polar surface area (TPSA) is 32.3 Å². The van der Waals surface area contributed by atoms with E-state index >= 15 is 0 Å². The number of nitrogens with one attached hydrogen (secondary N) is 1. The molecule has 2 unspecified atom stereocenters. The molecule has 4 fully saturated rings. The lowest BCUT2D eigenvalue weighted by atomic mass is 9.47. The molecule has 0 aromatic heterocycles. The van der Waals surface area contributed by atoms with E-state index in [4.69, 9.17) is 5.11 Å². The van der Waals surface area contributed by atoms with Crippen molar-refractivity contribution in [2.24, 2.45) is 17.3 Å². The van der Waals surface area contributed by atoms with Gasteiger partial charge in [0.2, 0.25) is 0 Å². The van der Waals surface area contributed by atoms with Crippen molar-refractivity contribution in [1.82, 2.24) is 5.32 Å². The molecule has 2 nitrogen and oxygen atoms in total. The van der Waals surface area contributed by atoms with Gasteiger partial charge < -0.3 is 10.4 Å². The molecule has 4 rings (SSSR count). The summed E-state index contributed by atoms with van der Waals surface area (Å²) in [4.78, 5) is 0. The fourth-order valence-corrected chi connectivity index (χ4v) is 6.06. The van der Waals surface area contributed by atoms with Crippen LogP contribution in [0.25, 0.3) is 0 Å². The van der Waals surface area contributed by atoms with Crippen molar-refractivity contribution in [2.75, 3.05) is 24.7 Å². The standard InChI is InChI=1S/C15H27NOS/c1-14-7-12-6-13(8-14)10-15(9-12,11-14)16-2-4-18-5-3-17/h12-13,16-17H,2-11H2,1H3/t12?,13?,14-,15+. The van der Waals surface area contributed by atoms with Gasteiger partial charge in [-0.05, 0) is 55.8 Å². The Balaban J connectivity index is 1.55. The molecule has 0 radical (unpaired) electrons. The quantitative estimate of drug-likeness (QED) is 0.727. The molecular weight excluding hydrogens is 242 g/mol. The van der Waals surface area contributed by atoms with Crippen molar-refractivity contribution < 1.29 is 5.11 Å². The van der Waals surface area contributed by atoms with Crippen LogP contribution in [0.4, 0.5) is 0 Å². The van der Waals surface area contributed by atoms with Gasteiger partial charge in [0.15, 0.2) is 0 Å². The number of hydrogen-bond acceptors (Lipinski definition) is 3. The molecule has 4 aliphatic carbocycles. The van der Waals surface area contributed by atoms with Gasteiger partial charge in [-0.3, -0.25) is 0 Å². The third-order valence-corrected chi connectivity index (χ3v) is 6.30. The minimum Gasteiger partial charge on any atom is -0.396 e. The first-order valence-electron chi connectivity index (χ1n) is 7.57. The zero-order chi connectivity index (χ0) is 12.6. The first-order chi connectivity index (χ1) is 8.63. The van der Waals surface area contributed by atoms with Gasteiger partial charge in [-0.1, -0.05) is 6.92 Å². The molecule has 0 spiro atoms. The van der Waals surface area contributed by atoms with E-state index in [1.54, 1.807) is 0 Å². The van der Waals surface area contributed by atoms with E-state index in [0.29, 0.717) is 17.6 Å². The summed E-state index contributed by atoms with van der Waals surface area (Å²) in [5, 5.41) is 12.7. The number of rotatable bonds is 6. The summed E-state index contributed by atoms with van der Waals surface area (Å²) < 4.78 is 0. The second-order valence-corrected chi connectivity index (χ2v) is 8.54. The van der Waals surface area contributed by atoms with Crippen molar-refractivity contribution in [3.8, 4) is 0 Å². The minimum absolute atomic E-state index is 0.317. The van der Waals surface area contributed by atoms with Crippen molar-refractivity contribution in [2.45, 2.75) is 51.0 Å². The zero-order valence-electron chi connectivity index (χ0n) is 11.6. The van der Waals surface area contributed by atoms with E-state index in [1.807, 2.05) is 11.8 Å². The van der Waals surface area contributed by atoms with Crippen LogP contribution >= 0.6 is 11.8 Å². The summed E-state index contributed by atoms with van der Waals surface area (Å²) in [6.07, 6.45) is 8.78. The summed E-state index contributed by atoms with van der Waals surface area (Å²) in [7, 11) is 0. The molecule has 0 aromatic carbocycles. The molecule has 3 heteroatoms. The lowest BCUT2D eigenvalue weighted by Crippen LogP contribution is -2.61. The number of hydrogen-bond donors (Lipinski definition) is 2. The van der Waals surface area contributed by atoms with Gasteiger partial charge in [-0.25, -0.2) is 0 Å². The smallest absolute Gasteiger partial charge is 0.0521 e. The summed E-state index contributed by atoms with van der Waals surface area (Å²) in [5.41, 5.74) is 1.13. The fourth-order valence-electron chi connectivity index (χ4n) is 5.48. The molecular formula is C15H27NOS. The van der Waals surface area contributed by atoms with Crippen molar-refractivity contribution in [3.63, 3.8) is 0 Å². The van der Waals surface area contributed by atoms with Gasteiger partial charge in [0.05, 0.1) is 6.61 Å². The van der Waals surface area contributed by atoms with E-state index < -0.39 is 0 Å². The largest absolute Gasteiger partial charge is 0.396 e. The Kier molecular flexibility index (Phi) is 3.68. The number of aliphatic hydroxyl groups is 1. The van der Waals surface area contributed by atoms with Crippen LogP contribution in [0.3, 0.4) is 0 Å². The first-order valence-corrected chi connectivity index (χ1v) is 8.72. The Morgan fingerprint density at radius 2 is 1.89 bits per heavy atom. The van der Waals surface area contributed by atoms with Crippen LogP contribution in [-0.2, 0) is 0 Å². The Bertz CT molecular complexity index is 293. The van der Waals surface area contributed by atoms with Gasteiger partial charge in [0, 0.05) is 23.6 Å². The van der Waals surface area contributed by atoms with Gasteiger partial charge in [-0.15, -0.1) is 0 Å².